The molecule has 0 aliphatic carbocycles. The summed E-state index contributed by atoms with van der Waals surface area (Å²) in [5, 5.41) is 9.38. The van der Waals surface area contributed by atoms with E-state index in [0.717, 1.165) is 6.42 Å². The Balaban J connectivity index is 3.89. The zero-order chi connectivity index (χ0) is 13.8. The van der Waals surface area contributed by atoms with Crippen LogP contribution in [0, 0.1) is 0 Å². The quantitative estimate of drug-likeness (QED) is 0.514. The van der Waals surface area contributed by atoms with Crippen molar-refractivity contribution in [1.29, 1.82) is 0 Å². The molecule has 0 aromatic heterocycles. The molecule has 0 aromatic carbocycles. The third-order valence-electron chi connectivity index (χ3n) is 3.36. The zero-order valence-electron chi connectivity index (χ0n) is 13.0. The second-order valence-corrected chi connectivity index (χ2v) is 5.64. The Hall–Kier alpha value is -0.0800. The van der Waals surface area contributed by atoms with Gasteiger partial charge in [0.2, 0.25) is 0 Å². The normalized spacial score (nSPS) is 16.5. The van der Waals surface area contributed by atoms with Crippen molar-refractivity contribution in [3.63, 3.8) is 0 Å². The molecule has 2 heteroatoms. The van der Waals surface area contributed by atoms with Gasteiger partial charge in [-0.15, -0.1) is 0 Å². The van der Waals surface area contributed by atoms with E-state index in [1.165, 1.54) is 51.4 Å². The molecule has 0 unspecified atom stereocenters. The number of rotatable bonds is 12. The lowest BCUT2D eigenvalue weighted by atomic mass is 10.0. The van der Waals surface area contributed by atoms with Gasteiger partial charge in [0.25, 0.3) is 0 Å². The van der Waals surface area contributed by atoms with E-state index < -0.39 is 0 Å². The van der Waals surface area contributed by atoms with Crippen molar-refractivity contribution in [3.8, 4) is 0 Å². The van der Waals surface area contributed by atoms with Crippen molar-refractivity contribution in [3.05, 3.63) is 0 Å². The first kappa shape index (κ1) is 17.9. The number of unbranched alkanes of at least 4 members (excludes halogenated alkanes) is 4. The molecule has 0 saturated heterocycles. The second-order valence-electron chi connectivity index (χ2n) is 5.64. The average molecular weight is 258 g/mol. The molecule has 18 heavy (non-hydrogen) atoms. The van der Waals surface area contributed by atoms with Crippen LogP contribution in [0.15, 0.2) is 0 Å². The molecule has 0 aliphatic heterocycles. The fourth-order valence-electron chi connectivity index (χ4n) is 2.38. The van der Waals surface area contributed by atoms with Crippen LogP contribution in [0.5, 0.6) is 0 Å². The van der Waals surface area contributed by atoms with E-state index in [0.29, 0.717) is 6.10 Å². The Bertz CT molecular complexity index is 168. The summed E-state index contributed by atoms with van der Waals surface area (Å²) >= 11 is 0. The first-order valence-electron chi connectivity index (χ1n) is 7.93. The Kier molecular flexibility index (Phi) is 11.9. The van der Waals surface area contributed by atoms with Gasteiger partial charge in [0.1, 0.15) is 0 Å². The minimum atomic E-state index is -0.257. The molecular weight excluding hydrogens is 224 g/mol. The molecular formula is C16H34O2. The topological polar surface area (TPSA) is 29.5 Å². The molecule has 0 saturated carbocycles. The molecule has 2 nitrogen and oxygen atoms in total. The fourth-order valence-corrected chi connectivity index (χ4v) is 2.38. The van der Waals surface area contributed by atoms with Gasteiger partial charge in [-0.05, 0) is 33.1 Å². The average Bonchev–Trinajstić information content (AvgIpc) is 2.30. The molecule has 1 N–H and O–H groups in total. The highest BCUT2D eigenvalue weighted by molar-refractivity contribution is 4.64. The Labute approximate surface area is 114 Å². The highest BCUT2D eigenvalue weighted by atomic mass is 16.5. The number of hydrogen-bond donors (Lipinski definition) is 1. The van der Waals surface area contributed by atoms with Gasteiger partial charge in [-0.2, -0.15) is 0 Å². The van der Waals surface area contributed by atoms with Gasteiger partial charge in [-0.3, -0.25) is 0 Å². The first-order chi connectivity index (χ1) is 8.60. The van der Waals surface area contributed by atoms with Gasteiger partial charge < -0.3 is 9.84 Å². The SMILES string of the molecule is CCCCCC[C@H](CCCC)O[C@H](C)C[C@@H](C)O. The van der Waals surface area contributed by atoms with Crippen molar-refractivity contribution in [2.45, 2.75) is 104 Å². The highest BCUT2D eigenvalue weighted by Gasteiger charge is 2.14. The van der Waals surface area contributed by atoms with Gasteiger partial charge in [0, 0.05) is 0 Å². The molecule has 0 heterocycles. The number of aliphatic hydroxyl groups excluding tert-OH is 1. The van der Waals surface area contributed by atoms with Crippen molar-refractivity contribution in [2.75, 3.05) is 0 Å². The third kappa shape index (κ3) is 11.0. The third-order valence-corrected chi connectivity index (χ3v) is 3.36. The molecule has 0 rings (SSSR count). The van der Waals surface area contributed by atoms with Crippen molar-refractivity contribution < 1.29 is 9.84 Å². The van der Waals surface area contributed by atoms with E-state index in [-0.39, 0.29) is 12.2 Å². The summed E-state index contributed by atoms with van der Waals surface area (Å²) in [4.78, 5) is 0. The Morgan fingerprint density at radius 3 is 2.06 bits per heavy atom. The zero-order valence-corrected chi connectivity index (χ0v) is 13.0. The molecule has 0 aliphatic rings. The second kappa shape index (κ2) is 12.0. The molecule has 0 spiro atoms. The van der Waals surface area contributed by atoms with E-state index >= 15 is 0 Å². The smallest absolute Gasteiger partial charge is 0.0578 e. The summed E-state index contributed by atoms with van der Waals surface area (Å²) in [5.41, 5.74) is 0. The summed E-state index contributed by atoms with van der Waals surface area (Å²) < 4.78 is 6.08. The summed E-state index contributed by atoms with van der Waals surface area (Å²) in [6, 6.07) is 0. The van der Waals surface area contributed by atoms with Crippen LogP contribution in [0.1, 0.15) is 85.5 Å². The van der Waals surface area contributed by atoms with Gasteiger partial charge >= 0.3 is 0 Å². The van der Waals surface area contributed by atoms with Gasteiger partial charge in [0.05, 0.1) is 18.3 Å². The Morgan fingerprint density at radius 2 is 1.50 bits per heavy atom. The summed E-state index contributed by atoms with van der Waals surface area (Å²) in [5.74, 6) is 0. The van der Waals surface area contributed by atoms with Crippen molar-refractivity contribution >= 4 is 0 Å². The number of aliphatic hydroxyl groups is 1. The highest BCUT2D eigenvalue weighted by Crippen LogP contribution is 2.17. The van der Waals surface area contributed by atoms with E-state index in [1.54, 1.807) is 0 Å². The molecule has 3 atom stereocenters. The van der Waals surface area contributed by atoms with Gasteiger partial charge in [0.15, 0.2) is 0 Å². The van der Waals surface area contributed by atoms with E-state index in [4.69, 9.17) is 4.74 Å². The molecule has 0 aromatic rings. The predicted octanol–water partition coefficient (Wildman–Crippen LogP) is 4.69. The minimum absolute atomic E-state index is 0.179. The minimum Gasteiger partial charge on any atom is -0.393 e. The molecule has 0 bridgehead atoms. The Morgan fingerprint density at radius 1 is 0.889 bits per heavy atom. The summed E-state index contributed by atoms with van der Waals surface area (Å²) in [6.45, 7) is 8.39. The van der Waals surface area contributed by atoms with Gasteiger partial charge in [-0.25, -0.2) is 0 Å². The fraction of sp³-hybridized carbons (Fsp3) is 1.00. The van der Waals surface area contributed by atoms with Crippen molar-refractivity contribution in [1.82, 2.24) is 0 Å². The summed E-state index contributed by atoms with van der Waals surface area (Å²) in [6.07, 6.45) is 11.1. The van der Waals surface area contributed by atoms with Crippen LogP contribution in [0.25, 0.3) is 0 Å². The van der Waals surface area contributed by atoms with Crippen LogP contribution in [0.4, 0.5) is 0 Å². The van der Waals surface area contributed by atoms with Crippen LogP contribution in [-0.2, 0) is 4.74 Å². The van der Waals surface area contributed by atoms with Crippen LogP contribution in [0.2, 0.25) is 0 Å². The maximum absolute atomic E-state index is 9.38. The standard InChI is InChI=1S/C16H34O2/c1-5-7-9-10-12-16(11-8-6-2)18-15(4)13-14(3)17/h14-17H,5-13H2,1-4H3/t14-,15-,16+/m1/s1. The largest absolute Gasteiger partial charge is 0.393 e. The van der Waals surface area contributed by atoms with Crippen LogP contribution in [0.3, 0.4) is 0 Å². The predicted molar refractivity (Wildman–Crippen MR) is 78.9 cm³/mol. The summed E-state index contributed by atoms with van der Waals surface area (Å²) in [7, 11) is 0. The van der Waals surface area contributed by atoms with E-state index in [9.17, 15) is 5.11 Å². The molecule has 0 radical (unpaired) electrons. The maximum atomic E-state index is 9.38. The molecule has 0 amide bonds. The lowest BCUT2D eigenvalue weighted by Gasteiger charge is -2.23. The van der Waals surface area contributed by atoms with E-state index in [2.05, 4.69) is 20.8 Å². The first-order valence-corrected chi connectivity index (χ1v) is 7.93. The monoisotopic (exact) mass is 258 g/mol. The lowest BCUT2D eigenvalue weighted by Crippen LogP contribution is -2.23. The number of ether oxygens (including phenoxy) is 1. The maximum Gasteiger partial charge on any atom is 0.0578 e. The molecule has 0 fully saturated rings. The lowest BCUT2D eigenvalue weighted by molar-refractivity contribution is -0.0326. The van der Waals surface area contributed by atoms with Crippen LogP contribution >= 0.6 is 0 Å². The van der Waals surface area contributed by atoms with Gasteiger partial charge in [-0.1, -0.05) is 52.4 Å². The molecule has 110 valence electrons. The van der Waals surface area contributed by atoms with E-state index in [1.807, 2.05) is 6.92 Å². The van der Waals surface area contributed by atoms with Crippen LogP contribution in [-0.4, -0.2) is 23.4 Å². The van der Waals surface area contributed by atoms with Crippen molar-refractivity contribution in [2.24, 2.45) is 0 Å². The number of hydrogen-bond acceptors (Lipinski definition) is 2. The van der Waals surface area contributed by atoms with Crippen LogP contribution < -0.4 is 0 Å².